The van der Waals surface area contributed by atoms with Crippen LogP contribution < -0.4 is 0 Å². The Labute approximate surface area is 146 Å². The van der Waals surface area contributed by atoms with Crippen molar-refractivity contribution in [2.45, 2.75) is 39.0 Å². The summed E-state index contributed by atoms with van der Waals surface area (Å²) in [6.07, 6.45) is 3.22. The number of halogens is 2. The summed E-state index contributed by atoms with van der Waals surface area (Å²) in [5, 5.41) is 10.3. The van der Waals surface area contributed by atoms with Crippen molar-refractivity contribution >= 4 is 35.1 Å². The topological polar surface area (TPSA) is 57.6 Å². The maximum absolute atomic E-state index is 12.3. The molecule has 1 amide bonds. The first-order valence-corrected chi connectivity index (χ1v) is 8.52. The SMILES string of the molecule is CC1(C(=O)O)CCCN(C(=O)CCCc2ccc(Cl)c(Cl)c2)C1. The van der Waals surface area contributed by atoms with Crippen LogP contribution in [-0.4, -0.2) is 35.0 Å². The molecule has 0 aliphatic carbocycles. The first-order chi connectivity index (χ1) is 10.8. The third kappa shape index (κ3) is 4.61. The van der Waals surface area contributed by atoms with E-state index in [1.54, 1.807) is 17.9 Å². The molecule has 0 saturated carbocycles. The van der Waals surface area contributed by atoms with Gasteiger partial charge in [0.25, 0.3) is 0 Å². The van der Waals surface area contributed by atoms with E-state index in [1.807, 2.05) is 12.1 Å². The van der Waals surface area contributed by atoms with E-state index in [-0.39, 0.29) is 5.91 Å². The van der Waals surface area contributed by atoms with Crippen LogP contribution in [0.1, 0.15) is 38.2 Å². The molecule has 1 heterocycles. The normalized spacial score (nSPS) is 21.3. The summed E-state index contributed by atoms with van der Waals surface area (Å²) in [6.45, 7) is 2.66. The number of aryl methyl sites for hydroxylation is 1. The molecule has 1 N–H and O–H groups in total. The number of piperidine rings is 1. The van der Waals surface area contributed by atoms with Crippen molar-refractivity contribution in [1.29, 1.82) is 0 Å². The number of carboxylic acid groups (broad SMARTS) is 1. The van der Waals surface area contributed by atoms with Crippen LogP contribution in [0.3, 0.4) is 0 Å². The molecule has 0 spiro atoms. The number of likely N-dealkylation sites (tertiary alicyclic amines) is 1. The van der Waals surface area contributed by atoms with Gasteiger partial charge in [0.2, 0.25) is 5.91 Å². The lowest BCUT2D eigenvalue weighted by molar-refractivity contribution is -0.153. The van der Waals surface area contributed by atoms with Crippen LogP contribution in [0.4, 0.5) is 0 Å². The average molecular weight is 358 g/mol. The van der Waals surface area contributed by atoms with Gasteiger partial charge >= 0.3 is 5.97 Å². The molecule has 23 heavy (non-hydrogen) atoms. The number of rotatable bonds is 5. The fraction of sp³-hybridized carbons (Fsp3) is 0.529. The minimum atomic E-state index is -0.828. The second-order valence-electron chi connectivity index (χ2n) is 6.39. The third-order valence-electron chi connectivity index (χ3n) is 4.41. The Kier molecular flexibility index (Phi) is 5.93. The predicted molar refractivity (Wildman–Crippen MR) is 91.0 cm³/mol. The zero-order valence-corrected chi connectivity index (χ0v) is 14.7. The number of nitrogens with zero attached hydrogens (tertiary/aromatic N) is 1. The lowest BCUT2D eigenvalue weighted by Gasteiger charge is -2.37. The molecule has 126 valence electrons. The van der Waals surface area contributed by atoms with Crippen molar-refractivity contribution in [3.05, 3.63) is 33.8 Å². The van der Waals surface area contributed by atoms with Crippen LogP contribution in [0.15, 0.2) is 18.2 Å². The van der Waals surface area contributed by atoms with Gasteiger partial charge in [-0.3, -0.25) is 9.59 Å². The summed E-state index contributed by atoms with van der Waals surface area (Å²) in [4.78, 5) is 25.3. The smallest absolute Gasteiger partial charge is 0.311 e. The highest BCUT2D eigenvalue weighted by atomic mass is 35.5. The minimum absolute atomic E-state index is 0.0252. The zero-order valence-electron chi connectivity index (χ0n) is 13.1. The van der Waals surface area contributed by atoms with Crippen LogP contribution in [0, 0.1) is 5.41 Å². The second-order valence-corrected chi connectivity index (χ2v) is 7.20. The molecular weight excluding hydrogens is 337 g/mol. The fourth-order valence-corrected chi connectivity index (χ4v) is 3.24. The van der Waals surface area contributed by atoms with Crippen LogP contribution in [-0.2, 0) is 16.0 Å². The van der Waals surface area contributed by atoms with Gasteiger partial charge in [-0.2, -0.15) is 0 Å². The largest absolute Gasteiger partial charge is 0.481 e. The van der Waals surface area contributed by atoms with Crippen LogP contribution in [0.25, 0.3) is 0 Å². The van der Waals surface area contributed by atoms with Crippen molar-refractivity contribution in [2.24, 2.45) is 5.41 Å². The van der Waals surface area contributed by atoms with Gasteiger partial charge in [0.1, 0.15) is 0 Å². The Morgan fingerprint density at radius 1 is 1.30 bits per heavy atom. The van der Waals surface area contributed by atoms with Crippen LogP contribution in [0.5, 0.6) is 0 Å². The third-order valence-corrected chi connectivity index (χ3v) is 5.14. The van der Waals surface area contributed by atoms with Gasteiger partial charge in [-0.1, -0.05) is 29.3 Å². The van der Waals surface area contributed by atoms with Gasteiger partial charge in [0.05, 0.1) is 15.5 Å². The molecule has 1 fully saturated rings. The Balaban J connectivity index is 1.84. The molecule has 2 rings (SSSR count). The van der Waals surface area contributed by atoms with E-state index in [1.165, 1.54) is 0 Å². The number of hydrogen-bond donors (Lipinski definition) is 1. The number of carboxylic acids is 1. The summed E-state index contributed by atoms with van der Waals surface area (Å²) in [5.41, 5.74) is 0.221. The molecule has 0 aromatic heterocycles. The first-order valence-electron chi connectivity index (χ1n) is 7.77. The summed E-state index contributed by atoms with van der Waals surface area (Å²) in [6, 6.07) is 5.47. The molecule has 0 bridgehead atoms. The van der Waals surface area contributed by atoms with E-state index in [2.05, 4.69) is 0 Å². The molecule has 1 aliphatic heterocycles. The lowest BCUT2D eigenvalue weighted by atomic mass is 9.82. The van der Waals surface area contributed by atoms with E-state index in [9.17, 15) is 14.7 Å². The molecule has 4 nitrogen and oxygen atoms in total. The number of aliphatic carboxylic acids is 1. The van der Waals surface area contributed by atoms with Gasteiger partial charge in [-0.25, -0.2) is 0 Å². The number of carbonyl (C=O) groups excluding carboxylic acids is 1. The first kappa shape index (κ1) is 18.1. The molecule has 0 radical (unpaired) electrons. The maximum atomic E-state index is 12.3. The highest BCUT2D eigenvalue weighted by Crippen LogP contribution is 2.30. The molecule has 1 aliphatic rings. The molecule has 1 unspecified atom stereocenters. The molecule has 1 saturated heterocycles. The van der Waals surface area contributed by atoms with Crippen molar-refractivity contribution < 1.29 is 14.7 Å². The average Bonchev–Trinajstić information content (AvgIpc) is 2.50. The Morgan fingerprint density at radius 2 is 2.04 bits per heavy atom. The van der Waals surface area contributed by atoms with E-state index in [4.69, 9.17) is 23.2 Å². The molecule has 1 aromatic carbocycles. The Hall–Kier alpha value is -1.26. The van der Waals surface area contributed by atoms with Gasteiger partial charge < -0.3 is 10.0 Å². The summed E-state index contributed by atoms with van der Waals surface area (Å²) < 4.78 is 0. The fourth-order valence-electron chi connectivity index (χ4n) is 2.92. The molecule has 1 aromatic rings. The highest BCUT2D eigenvalue weighted by molar-refractivity contribution is 6.42. The van der Waals surface area contributed by atoms with Gasteiger partial charge in [-0.15, -0.1) is 0 Å². The van der Waals surface area contributed by atoms with Gasteiger partial charge in [0.15, 0.2) is 0 Å². The van der Waals surface area contributed by atoms with Gasteiger partial charge in [-0.05, 0) is 50.3 Å². The maximum Gasteiger partial charge on any atom is 0.311 e. The van der Waals surface area contributed by atoms with Crippen molar-refractivity contribution in [2.75, 3.05) is 13.1 Å². The molecule has 1 atom stereocenters. The second kappa shape index (κ2) is 7.54. The van der Waals surface area contributed by atoms with Crippen LogP contribution in [0.2, 0.25) is 10.0 Å². The van der Waals surface area contributed by atoms with Gasteiger partial charge in [0, 0.05) is 19.5 Å². The lowest BCUT2D eigenvalue weighted by Crippen LogP contribution is -2.48. The highest BCUT2D eigenvalue weighted by Gasteiger charge is 2.39. The van der Waals surface area contributed by atoms with Crippen molar-refractivity contribution in [3.63, 3.8) is 0 Å². The molecular formula is C17H21Cl2NO3. The van der Waals surface area contributed by atoms with E-state index >= 15 is 0 Å². The summed E-state index contributed by atoms with van der Waals surface area (Å²) >= 11 is 11.9. The Bertz CT molecular complexity index is 606. The predicted octanol–water partition coefficient (Wildman–Crippen LogP) is 4.03. The Morgan fingerprint density at radius 3 is 2.70 bits per heavy atom. The minimum Gasteiger partial charge on any atom is -0.481 e. The van der Waals surface area contributed by atoms with Crippen molar-refractivity contribution in [3.8, 4) is 0 Å². The van der Waals surface area contributed by atoms with E-state index in [0.717, 1.165) is 18.4 Å². The standard InChI is InChI=1S/C17H21Cl2NO3/c1-17(16(22)23)8-3-9-20(11-17)15(21)5-2-4-12-6-7-13(18)14(19)10-12/h6-7,10H,2-5,8-9,11H2,1H3,(H,22,23). The summed E-state index contributed by atoms with van der Waals surface area (Å²) in [7, 11) is 0. The van der Waals surface area contributed by atoms with E-state index < -0.39 is 11.4 Å². The molecule has 6 heteroatoms. The van der Waals surface area contributed by atoms with Crippen LogP contribution >= 0.6 is 23.2 Å². The number of hydrogen-bond acceptors (Lipinski definition) is 2. The number of carbonyl (C=O) groups is 2. The number of benzene rings is 1. The quantitative estimate of drug-likeness (QED) is 0.865. The number of amides is 1. The monoisotopic (exact) mass is 357 g/mol. The van der Waals surface area contributed by atoms with E-state index in [0.29, 0.717) is 42.4 Å². The van der Waals surface area contributed by atoms with Crippen molar-refractivity contribution in [1.82, 2.24) is 4.90 Å². The summed E-state index contributed by atoms with van der Waals surface area (Å²) in [5.74, 6) is -0.803. The zero-order chi connectivity index (χ0) is 17.0.